The minimum Gasteiger partial charge on any atom is -0.297 e. The lowest BCUT2D eigenvalue weighted by Crippen LogP contribution is -2.52. The minimum absolute atomic E-state index is 0.204. The minimum atomic E-state index is -0.204. The Morgan fingerprint density at radius 3 is 2.07 bits per heavy atom. The Morgan fingerprint density at radius 2 is 1.79 bits per heavy atom. The van der Waals surface area contributed by atoms with Crippen LogP contribution in [0.1, 0.15) is 47.0 Å². The maximum Gasteiger partial charge on any atom is 0.155 e. The summed E-state index contributed by atoms with van der Waals surface area (Å²) < 4.78 is 0. The van der Waals surface area contributed by atoms with Crippen LogP contribution in [-0.2, 0) is 4.79 Å². The first-order valence-electron chi connectivity index (χ1n) is 5.89. The first-order valence-corrected chi connectivity index (χ1v) is 5.89. The highest BCUT2D eigenvalue weighted by Gasteiger charge is 2.43. The molecule has 0 aromatic rings. The number of likely N-dealkylation sites (N-methyl/N-ethyl adjacent to an activating group) is 1. The van der Waals surface area contributed by atoms with Crippen LogP contribution in [0.15, 0.2) is 0 Å². The van der Waals surface area contributed by atoms with E-state index in [4.69, 9.17) is 0 Å². The summed E-state index contributed by atoms with van der Waals surface area (Å²) in [6.45, 7) is 10.5. The maximum atomic E-state index is 12.2. The van der Waals surface area contributed by atoms with Gasteiger partial charge < -0.3 is 0 Å². The van der Waals surface area contributed by atoms with E-state index in [0.29, 0.717) is 11.7 Å². The third kappa shape index (κ3) is 2.00. The summed E-state index contributed by atoms with van der Waals surface area (Å²) in [6.07, 6.45) is 3.18. The van der Waals surface area contributed by atoms with Crippen molar-refractivity contribution in [2.75, 3.05) is 13.1 Å². The summed E-state index contributed by atoms with van der Waals surface area (Å²) in [5.41, 5.74) is -0.204. The highest BCUT2D eigenvalue weighted by molar-refractivity contribution is 5.91. The molecule has 0 bridgehead atoms. The SMILES string of the molecule is CCN(CC)C(C)(CC)C(=O)C1CC1. The number of ketones is 1. The van der Waals surface area contributed by atoms with Crippen LogP contribution in [0.2, 0.25) is 0 Å². The molecule has 2 nitrogen and oxygen atoms in total. The first-order chi connectivity index (χ1) is 6.60. The normalized spacial score (nSPS) is 20.9. The second kappa shape index (κ2) is 4.43. The predicted molar refractivity (Wildman–Crippen MR) is 59.3 cm³/mol. The van der Waals surface area contributed by atoms with E-state index in [1.165, 1.54) is 0 Å². The molecule has 1 aliphatic carbocycles. The van der Waals surface area contributed by atoms with Gasteiger partial charge in [-0.3, -0.25) is 9.69 Å². The molecule has 0 N–H and O–H groups in total. The molecule has 0 radical (unpaired) electrons. The summed E-state index contributed by atoms with van der Waals surface area (Å²) >= 11 is 0. The molecule has 1 fully saturated rings. The van der Waals surface area contributed by atoms with Gasteiger partial charge in [0.1, 0.15) is 0 Å². The van der Waals surface area contributed by atoms with E-state index in [0.717, 1.165) is 32.4 Å². The van der Waals surface area contributed by atoms with Gasteiger partial charge in [-0.15, -0.1) is 0 Å². The van der Waals surface area contributed by atoms with Crippen molar-refractivity contribution in [1.82, 2.24) is 4.90 Å². The lowest BCUT2D eigenvalue weighted by molar-refractivity contribution is -0.131. The fraction of sp³-hybridized carbons (Fsp3) is 0.917. The van der Waals surface area contributed by atoms with Gasteiger partial charge >= 0.3 is 0 Å². The zero-order valence-corrected chi connectivity index (χ0v) is 9.97. The number of Topliss-reactive ketones (excluding diaryl/α,β-unsaturated/α-hetero) is 1. The van der Waals surface area contributed by atoms with Crippen molar-refractivity contribution in [3.63, 3.8) is 0 Å². The molecule has 0 aliphatic heterocycles. The molecule has 1 aliphatic rings. The fourth-order valence-corrected chi connectivity index (χ4v) is 2.26. The predicted octanol–water partition coefficient (Wildman–Crippen LogP) is 2.48. The average molecular weight is 197 g/mol. The van der Waals surface area contributed by atoms with Crippen molar-refractivity contribution in [2.24, 2.45) is 5.92 Å². The Kier molecular flexibility index (Phi) is 3.71. The molecule has 0 heterocycles. The summed E-state index contributed by atoms with van der Waals surface area (Å²) in [5, 5.41) is 0. The number of nitrogens with zero attached hydrogens (tertiary/aromatic N) is 1. The van der Waals surface area contributed by atoms with E-state index >= 15 is 0 Å². The molecule has 0 spiro atoms. The highest BCUT2D eigenvalue weighted by atomic mass is 16.1. The van der Waals surface area contributed by atoms with E-state index < -0.39 is 0 Å². The molecule has 0 aromatic heterocycles. The third-order valence-electron chi connectivity index (χ3n) is 3.63. The van der Waals surface area contributed by atoms with E-state index in [9.17, 15) is 4.79 Å². The molecular formula is C12H23NO. The Bertz CT molecular complexity index is 206. The van der Waals surface area contributed by atoms with Gasteiger partial charge in [0.05, 0.1) is 5.54 Å². The molecule has 82 valence electrons. The van der Waals surface area contributed by atoms with Crippen molar-refractivity contribution in [2.45, 2.75) is 52.5 Å². The highest BCUT2D eigenvalue weighted by Crippen LogP contribution is 2.37. The number of hydrogen-bond acceptors (Lipinski definition) is 2. The van der Waals surface area contributed by atoms with Crippen LogP contribution < -0.4 is 0 Å². The monoisotopic (exact) mass is 197 g/mol. The van der Waals surface area contributed by atoms with Crippen molar-refractivity contribution in [1.29, 1.82) is 0 Å². The molecule has 1 rings (SSSR count). The Morgan fingerprint density at radius 1 is 1.29 bits per heavy atom. The molecule has 1 saturated carbocycles. The van der Waals surface area contributed by atoms with Crippen LogP contribution >= 0.6 is 0 Å². The molecule has 0 aromatic carbocycles. The van der Waals surface area contributed by atoms with Crippen LogP contribution in [0.4, 0.5) is 0 Å². The first kappa shape index (κ1) is 11.7. The van der Waals surface area contributed by atoms with Gasteiger partial charge in [-0.05, 0) is 39.3 Å². The molecule has 0 saturated heterocycles. The van der Waals surface area contributed by atoms with Crippen molar-refractivity contribution >= 4 is 5.78 Å². The Balaban J connectivity index is 2.76. The van der Waals surface area contributed by atoms with Gasteiger partial charge in [-0.2, -0.15) is 0 Å². The Labute approximate surface area is 87.7 Å². The number of carbonyl (C=O) groups excluding carboxylic acids is 1. The maximum absolute atomic E-state index is 12.2. The molecule has 14 heavy (non-hydrogen) atoms. The van der Waals surface area contributed by atoms with Crippen LogP contribution in [0.3, 0.4) is 0 Å². The third-order valence-corrected chi connectivity index (χ3v) is 3.63. The largest absolute Gasteiger partial charge is 0.297 e. The molecule has 1 unspecified atom stereocenters. The second-order valence-electron chi connectivity index (χ2n) is 4.44. The van der Waals surface area contributed by atoms with Crippen LogP contribution in [0.25, 0.3) is 0 Å². The van der Waals surface area contributed by atoms with Crippen LogP contribution in [-0.4, -0.2) is 29.3 Å². The lowest BCUT2D eigenvalue weighted by Gasteiger charge is -2.38. The Hall–Kier alpha value is -0.370. The van der Waals surface area contributed by atoms with E-state index in [2.05, 4.69) is 32.6 Å². The van der Waals surface area contributed by atoms with E-state index in [-0.39, 0.29) is 5.54 Å². The zero-order chi connectivity index (χ0) is 10.8. The van der Waals surface area contributed by atoms with E-state index in [1.54, 1.807) is 0 Å². The fourth-order valence-electron chi connectivity index (χ4n) is 2.26. The van der Waals surface area contributed by atoms with Crippen LogP contribution in [0.5, 0.6) is 0 Å². The summed E-state index contributed by atoms with van der Waals surface area (Å²) in [4.78, 5) is 14.5. The standard InChI is InChI=1S/C12H23NO/c1-5-12(4,13(6-2)7-3)11(14)10-8-9-10/h10H,5-9H2,1-4H3. The van der Waals surface area contributed by atoms with Gasteiger partial charge in [0, 0.05) is 5.92 Å². The molecular weight excluding hydrogens is 174 g/mol. The number of carbonyl (C=O) groups is 1. The van der Waals surface area contributed by atoms with Crippen LogP contribution in [0, 0.1) is 5.92 Å². The van der Waals surface area contributed by atoms with E-state index in [1.807, 2.05) is 0 Å². The summed E-state index contributed by atoms with van der Waals surface area (Å²) in [7, 11) is 0. The number of hydrogen-bond donors (Lipinski definition) is 0. The van der Waals surface area contributed by atoms with Gasteiger partial charge in [0.15, 0.2) is 5.78 Å². The van der Waals surface area contributed by atoms with Crippen molar-refractivity contribution < 1.29 is 4.79 Å². The molecule has 2 heteroatoms. The molecule has 1 atom stereocenters. The van der Waals surface area contributed by atoms with Crippen molar-refractivity contribution in [3.8, 4) is 0 Å². The van der Waals surface area contributed by atoms with Gasteiger partial charge in [-0.25, -0.2) is 0 Å². The van der Waals surface area contributed by atoms with Gasteiger partial charge in [0.2, 0.25) is 0 Å². The summed E-state index contributed by atoms with van der Waals surface area (Å²) in [5.74, 6) is 0.851. The van der Waals surface area contributed by atoms with Gasteiger partial charge in [-0.1, -0.05) is 20.8 Å². The quantitative estimate of drug-likeness (QED) is 0.652. The second-order valence-corrected chi connectivity index (χ2v) is 4.44. The van der Waals surface area contributed by atoms with Gasteiger partial charge in [0.25, 0.3) is 0 Å². The smallest absolute Gasteiger partial charge is 0.155 e. The topological polar surface area (TPSA) is 20.3 Å². The average Bonchev–Trinajstić information content (AvgIpc) is 3.01. The number of rotatable bonds is 6. The molecule has 0 amide bonds. The lowest BCUT2D eigenvalue weighted by atomic mass is 9.88. The summed E-state index contributed by atoms with van der Waals surface area (Å²) in [6, 6.07) is 0. The zero-order valence-electron chi connectivity index (χ0n) is 9.97. The van der Waals surface area contributed by atoms with Crippen molar-refractivity contribution in [3.05, 3.63) is 0 Å².